The first kappa shape index (κ1) is 90.7. The normalized spacial score (nSPS) is 10.6. The minimum atomic E-state index is -0.939. The maximum absolute atomic E-state index is 13.7. The Morgan fingerprint density at radius 2 is 0.806 bits per heavy atom. The number of ether oxygens (including phenoxy) is 3. The number of hydrogen-bond donors (Lipinski definition) is 1. The molecule has 1 N–H and O–H groups in total. The van der Waals surface area contributed by atoms with Crippen molar-refractivity contribution in [3.63, 3.8) is 0 Å². The Kier molecular flexibility index (Phi) is 41.3. The Bertz CT molecular complexity index is 3690. The summed E-state index contributed by atoms with van der Waals surface area (Å²) in [5.74, 6) is -3.16. The number of methoxy groups -OCH3 is 3. The minimum Gasteiger partial charge on any atom is -1.00 e. The second-order valence-electron chi connectivity index (χ2n) is 22.4. The van der Waals surface area contributed by atoms with E-state index < -0.39 is 40.4 Å². The van der Waals surface area contributed by atoms with E-state index in [1.807, 2.05) is 169 Å². The summed E-state index contributed by atoms with van der Waals surface area (Å²) in [5.41, 5.74) is 4.99. The number of likely N-dealkylation sites (N-methyl/N-ethyl adjacent to an activating group) is 1. The molecule has 8 aromatic rings. The molecule has 0 aliphatic rings. The molecule has 0 radical (unpaired) electrons. The van der Waals surface area contributed by atoms with Crippen molar-refractivity contribution in [1.82, 2.24) is 10.2 Å². The predicted octanol–water partition coefficient (Wildman–Crippen LogP) is 15.7. The summed E-state index contributed by atoms with van der Waals surface area (Å²) >= 11 is 23.6. The number of esters is 3. The van der Waals surface area contributed by atoms with Gasteiger partial charge in [0.25, 0.3) is 0 Å². The van der Waals surface area contributed by atoms with E-state index in [4.69, 9.17) is 60.6 Å². The molecule has 13 nitrogen and oxygen atoms in total. The van der Waals surface area contributed by atoms with E-state index in [9.17, 15) is 36.7 Å². The van der Waals surface area contributed by atoms with Crippen LogP contribution in [0.3, 0.4) is 0 Å². The molecule has 0 saturated heterocycles. The summed E-state index contributed by atoms with van der Waals surface area (Å²) in [6, 6.07) is 56.1. The van der Waals surface area contributed by atoms with Crippen LogP contribution in [0.25, 0.3) is 0 Å². The Morgan fingerprint density at radius 1 is 0.469 bits per heavy atom. The number of carbonyl (C=O) groups is 4. The van der Waals surface area contributed by atoms with E-state index >= 15 is 0 Å². The third-order valence-corrected chi connectivity index (χ3v) is 15.9. The molecule has 1 amide bonds. The first-order valence-corrected chi connectivity index (χ1v) is 30.9. The molecule has 0 aliphatic heterocycles. The number of rotatable bonds is 23. The number of benzene rings is 8. The molecular weight excluding hydrogens is 1350 g/mol. The van der Waals surface area contributed by atoms with Crippen LogP contribution in [0.1, 0.15) is 88.0 Å². The first-order valence-electron chi connectivity index (χ1n) is 29.4. The SMILES string of the molecule is C.C.C.C.CN(C)CCNC(=O)C(C)(C)N(Cc1ccccc1)c1ccc(F)c(Cl)c1.COC(=O)C(C)(C)N(Cc1ccccc1)c1ccc(F)c(Cl)c1.COC(=O)C(C)N(Cc1ccccc1)c1ccc(F)c(Cl)c1.COC(=O)CN(Cc1ccccc1)c1ccc(F)c(Cl)c1.[H-].[Na+]. The second-order valence-corrected chi connectivity index (χ2v) is 24.1. The van der Waals surface area contributed by atoms with Crippen molar-refractivity contribution in [2.45, 2.75) is 108 Å². The number of carbonyl (C=O) groups excluding carboxylic acids is 4. The number of nitrogens with zero attached hydrogens (tertiary/aromatic N) is 5. The van der Waals surface area contributed by atoms with E-state index in [-0.39, 0.29) is 111 Å². The van der Waals surface area contributed by atoms with Crippen molar-refractivity contribution >= 4 is 93.0 Å². The molecule has 0 heterocycles. The summed E-state index contributed by atoms with van der Waals surface area (Å²) in [7, 11) is 7.94. The van der Waals surface area contributed by atoms with Crippen LogP contribution >= 0.6 is 46.4 Å². The van der Waals surface area contributed by atoms with Gasteiger partial charge < -0.3 is 45.5 Å². The smallest absolute Gasteiger partial charge is 1.00 e. The molecule has 528 valence electrons. The van der Waals surface area contributed by atoms with Gasteiger partial charge in [-0.3, -0.25) is 9.59 Å². The van der Waals surface area contributed by atoms with Gasteiger partial charge in [-0.05, 0) is 144 Å². The second kappa shape index (κ2) is 44.6. The number of amides is 1. The van der Waals surface area contributed by atoms with Gasteiger partial charge in [-0.15, -0.1) is 0 Å². The van der Waals surface area contributed by atoms with Gasteiger partial charge in [-0.25, -0.2) is 27.2 Å². The van der Waals surface area contributed by atoms with Crippen molar-refractivity contribution in [3.8, 4) is 0 Å². The molecule has 0 fully saturated rings. The maximum atomic E-state index is 13.7. The number of hydrogen-bond acceptors (Lipinski definition) is 12. The van der Waals surface area contributed by atoms with E-state index in [0.717, 1.165) is 28.8 Å². The molecule has 8 rings (SSSR count). The summed E-state index contributed by atoms with van der Waals surface area (Å²) in [6.07, 6.45) is 0. The van der Waals surface area contributed by atoms with Gasteiger partial charge in [0, 0.05) is 62.0 Å². The molecule has 1 unspecified atom stereocenters. The average Bonchev–Trinajstić information content (AvgIpc) is 0.809. The van der Waals surface area contributed by atoms with Crippen molar-refractivity contribution in [2.24, 2.45) is 0 Å². The van der Waals surface area contributed by atoms with Crippen molar-refractivity contribution in [3.05, 3.63) is 260 Å². The summed E-state index contributed by atoms with van der Waals surface area (Å²) in [6.45, 7) is 12.3. The van der Waals surface area contributed by atoms with Crippen LogP contribution in [0, 0.1) is 23.3 Å². The van der Waals surface area contributed by atoms with E-state index in [1.165, 1.54) is 63.8 Å². The molecule has 22 heteroatoms. The van der Waals surface area contributed by atoms with Crippen LogP contribution in [-0.2, 0) is 59.6 Å². The first-order chi connectivity index (χ1) is 44.2. The molecule has 0 spiro atoms. The van der Waals surface area contributed by atoms with E-state index in [2.05, 4.69) is 5.32 Å². The quantitative estimate of drug-likeness (QED) is 0.0284. The topological polar surface area (TPSA) is 124 Å². The third kappa shape index (κ3) is 27.8. The number of anilines is 4. The molecule has 0 aliphatic carbocycles. The fraction of sp³-hybridized carbons (Fsp3) is 0.316. The minimum absolute atomic E-state index is 0. The summed E-state index contributed by atoms with van der Waals surface area (Å²) in [4.78, 5) is 58.0. The molecule has 0 bridgehead atoms. The van der Waals surface area contributed by atoms with E-state index in [0.29, 0.717) is 55.5 Å². The zero-order valence-corrected chi connectivity index (χ0v) is 59.6. The third-order valence-electron chi connectivity index (χ3n) is 14.7. The zero-order chi connectivity index (χ0) is 68.4. The Hall–Kier alpha value is -7.32. The summed E-state index contributed by atoms with van der Waals surface area (Å²) < 4.78 is 68.2. The predicted molar refractivity (Wildman–Crippen MR) is 394 cm³/mol. The zero-order valence-electron chi connectivity index (χ0n) is 55.6. The van der Waals surface area contributed by atoms with E-state index in [1.54, 1.807) is 56.0 Å². The van der Waals surface area contributed by atoms with Crippen molar-refractivity contribution < 1.29 is 81.9 Å². The molecular formula is C76H95Cl4F4N6NaO7. The van der Waals surface area contributed by atoms with Crippen molar-refractivity contribution in [2.75, 3.05) is 74.7 Å². The maximum Gasteiger partial charge on any atom is 1.00 e. The fourth-order valence-electron chi connectivity index (χ4n) is 9.29. The Balaban J connectivity index is 0. The van der Waals surface area contributed by atoms with Gasteiger partial charge in [0.05, 0.1) is 41.4 Å². The number of halogens is 8. The standard InChI is InChI=1S/C21H27ClFN3O.C18H19ClFNO2.C17H17ClFNO2.C16H15ClFNO2.4CH4.Na.H/c1-21(2,20(27)24-12-13-25(3)4)26(15-16-8-6-5-7-9-16)17-10-11-19(23)18(22)14-17;1-18(2,17(22)23-3)21(12-13-7-5-4-6-8-13)14-9-10-16(20)15(19)11-14;1-12(17(21)22-2)20(11-13-6-4-3-5-7-13)14-8-9-16(19)15(18)10-14;1-21-16(20)11-19(10-12-5-3-2-4-6-12)13-7-8-15(18)14(17)9-13;;;;;;/h5-11,14H,12-13,15H2,1-4H3,(H,24,27);4-11H,12H2,1-3H3;3-10,12H,11H2,1-2H3;2-9H,10-11H2,1H3;4*1H4;;/q;;;;;;;;+1;-1. The summed E-state index contributed by atoms with van der Waals surface area (Å²) in [5, 5.41) is 3.08. The molecule has 8 aromatic carbocycles. The number of nitrogens with one attached hydrogen (secondary N) is 1. The molecule has 0 saturated carbocycles. The molecule has 0 aromatic heterocycles. The van der Waals surface area contributed by atoms with Crippen LogP contribution in [0.15, 0.2) is 194 Å². The van der Waals surface area contributed by atoms with Crippen molar-refractivity contribution in [1.29, 1.82) is 0 Å². The van der Waals surface area contributed by atoms with Gasteiger partial charge >= 0.3 is 47.5 Å². The Labute approximate surface area is 622 Å². The van der Waals surface area contributed by atoms with Gasteiger partial charge in [0.1, 0.15) is 46.9 Å². The monoisotopic (exact) mass is 1440 g/mol. The van der Waals surface area contributed by atoms with Gasteiger partial charge in [-0.1, -0.05) is 197 Å². The van der Waals surface area contributed by atoms with Gasteiger partial charge in [0.2, 0.25) is 5.91 Å². The fourth-order valence-corrected chi connectivity index (χ4v) is 9.99. The average molecular weight is 1450 g/mol. The largest absolute Gasteiger partial charge is 1.00 e. The van der Waals surface area contributed by atoms with Crippen LogP contribution in [0.4, 0.5) is 40.3 Å². The molecule has 1 atom stereocenters. The van der Waals surface area contributed by atoms with Crippen LogP contribution in [0.5, 0.6) is 0 Å². The van der Waals surface area contributed by atoms with Crippen LogP contribution < -0.4 is 54.5 Å². The van der Waals surface area contributed by atoms with Gasteiger partial charge in [-0.2, -0.15) is 0 Å². The van der Waals surface area contributed by atoms with Crippen LogP contribution in [-0.4, -0.2) is 101 Å². The molecule has 98 heavy (non-hydrogen) atoms. The van der Waals surface area contributed by atoms with Gasteiger partial charge in [0.15, 0.2) is 0 Å². The van der Waals surface area contributed by atoms with Crippen LogP contribution in [0.2, 0.25) is 20.1 Å². The Morgan fingerprint density at radius 3 is 1.16 bits per heavy atom.